The Morgan fingerprint density at radius 2 is 2.05 bits per heavy atom. The molecule has 0 unspecified atom stereocenters. The summed E-state index contributed by atoms with van der Waals surface area (Å²) in [6, 6.07) is 3.75. The van der Waals surface area contributed by atoms with Crippen LogP contribution in [0.25, 0.3) is 9.75 Å². The van der Waals surface area contributed by atoms with Crippen molar-refractivity contribution in [3.63, 3.8) is 0 Å². The number of aryl methyl sites for hydroxylation is 1. The Bertz CT molecular complexity index is 653. The monoisotopic (exact) mass is 366 g/mol. The van der Waals surface area contributed by atoms with E-state index in [-0.39, 0.29) is 38.5 Å². The summed E-state index contributed by atoms with van der Waals surface area (Å²) in [6.07, 6.45) is 0. The Morgan fingerprint density at radius 1 is 1.32 bits per heavy atom. The van der Waals surface area contributed by atoms with E-state index in [9.17, 15) is 4.79 Å². The van der Waals surface area contributed by atoms with E-state index in [1.165, 1.54) is 11.3 Å². The molecule has 4 rings (SSSR count). The Kier molecular flexibility index (Phi) is 3.57. The van der Waals surface area contributed by atoms with Gasteiger partial charge < -0.3 is 9.47 Å². The third kappa shape index (κ3) is 1.80. The predicted molar refractivity (Wildman–Crippen MR) is 69.1 cm³/mol. The summed E-state index contributed by atoms with van der Waals surface area (Å²) in [6.45, 7) is 2.93. The quantitative estimate of drug-likeness (QED) is 0.673. The van der Waals surface area contributed by atoms with Gasteiger partial charge in [0.2, 0.25) is 11.6 Å². The number of ether oxygens (including phenoxy) is 2. The van der Waals surface area contributed by atoms with Gasteiger partial charge in [0.1, 0.15) is 0 Å². The minimum Gasteiger partial charge on any atom is -0.347 e. The van der Waals surface area contributed by atoms with Crippen LogP contribution in [0, 0.1) is 12.3 Å². The molecule has 3 nitrogen and oxygen atoms in total. The summed E-state index contributed by atoms with van der Waals surface area (Å²) in [7, 11) is 0. The van der Waals surface area contributed by atoms with Crippen LogP contribution < -0.4 is 0 Å². The van der Waals surface area contributed by atoms with Crippen molar-refractivity contribution in [1.82, 2.24) is 0 Å². The van der Waals surface area contributed by atoms with E-state index in [2.05, 4.69) is 5.38 Å². The molecule has 0 aromatic carbocycles. The van der Waals surface area contributed by atoms with E-state index in [1.807, 2.05) is 19.1 Å². The molecule has 2 aromatic rings. The van der Waals surface area contributed by atoms with Crippen LogP contribution in [-0.2, 0) is 48.0 Å². The second-order valence-electron chi connectivity index (χ2n) is 4.35. The van der Waals surface area contributed by atoms with Crippen molar-refractivity contribution in [1.29, 1.82) is 0 Å². The minimum atomic E-state index is -1.20. The topological polar surface area (TPSA) is 35.5 Å². The number of carbonyl (C=O) groups excluding carboxylic acids is 1. The van der Waals surface area contributed by atoms with Crippen molar-refractivity contribution < 1.29 is 47.0 Å². The molecule has 3 heterocycles. The molecule has 1 fully saturated rings. The van der Waals surface area contributed by atoms with Crippen LogP contribution >= 0.6 is 22.7 Å². The van der Waals surface area contributed by atoms with E-state index < -0.39 is 5.79 Å². The van der Waals surface area contributed by atoms with Gasteiger partial charge in [-0.05, 0) is 17.9 Å². The first kappa shape index (κ1) is 14.0. The molecule has 1 radical (unpaired) electrons. The molecule has 1 saturated heterocycles. The summed E-state index contributed by atoms with van der Waals surface area (Å²) in [5.74, 6) is -1.27. The van der Waals surface area contributed by atoms with E-state index >= 15 is 0 Å². The number of hydrogen-bond acceptors (Lipinski definition) is 5. The second kappa shape index (κ2) is 4.83. The van der Waals surface area contributed by atoms with Crippen molar-refractivity contribution in [3.05, 3.63) is 33.5 Å². The summed E-state index contributed by atoms with van der Waals surface area (Å²) in [5.41, 5.74) is 1.55. The smallest absolute Gasteiger partial charge is 0.213 e. The molecule has 1 aliphatic heterocycles. The van der Waals surface area contributed by atoms with E-state index in [1.54, 1.807) is 11.3 Å². The van der Waals surface area contributed by atoms with Crippen LogP contribution in [0.15, 0.2) is 12.1 Å². The van der Waals surface area contributed by atoms with Crippen molar-refractivity contribution in [2.24, 2.45) is 0 Å². The first-order chi connectivity index (χ1) is 8.72. The molecule has 2 aromatic heterocycles. The SMILES string of the molecule is Cc1cc2c(s1)-c1s[c-]cc1C1(OCCO1)C2=O.[Y]. The molecule has 0 atom stereocenters. The first-order valence-corrected chi connectivity index (χ1v) is 7.29. The standard InChI is InChI=1S/C13H9O3S2.Y/c1-7-6-8-10(18-7)11-9(2-5-17-11)13(12(8)14)15-3-4-16-13;/h2,6H,3-4H2,1H3;/q-1;. The van der Waals surface area contributed by atoms with Crippen LogP contribution in [0.1, 0.15) is 20.8 Å². The van der Waals surface area contributed by atoms with E-state index in [0.717, 1.165) is 25.8 Å². The second-order valence-corrected chi connectivity index (χ2v) is 6.45. The number of Topliss-reactive ketones (excluding diaryl/α,β-unsaturated/α-hetero) is 1. The van der Waals surface area contributed by atoms with Crippen molar-refractivity contribution in [2.45, 2.75) is 12.7 Å². The average molecular weight is 366 g/mol. The predicted octanol–water partition coefficient (Wildman–Crippen LogP) is 2.98. The van der Waals surface area contributed by atoms with Gasteiger partial charge in [0.05, 0.1) is 13.2 Å². The van der Waals surface area contributed by atoms with Crippen LogP contribution in [0.2, 0.25) is 0 Å². The number of ketones is 1. The van der Waals surface area contributed by atoms with Gasteiger partial charge in [0.25, 0.3) is 0 Å². The molecule has 1 spiro atoms. The van der Waals surface area contributed by atoms with Crippen LogP contribution in [-0.4, -0.2) is 19.0 Å². The van der Waals surface area contributed by atoms with Gasteiger partial charge in [0.15, 0.2) is 0 Å². The van der Waals surface area contributed by atoms with Crippen molar-refractivity contribution in [2.75, 3.05) is 13.2 Å². The van der Waals surface area contributed by atoms with Gasteiger partial charge in [-0.25, -0.2) is 0 Å². The average Bonchev–Trinajstić information content (AvgIpc) is 3.05. The molecule has 19 heavy (non-hydrogen) atoms. The Morgan fingerprint density at radius 3 is 2.79 bits per heavy atom. The molecule has 0 N–H and O–H groups in total. The van der Waals surface area contributed by atoms with Gasteiger partial charge in [0, 0.05) is 43.1 Å². The van der Waals surface area contributed by atoms with Crippen molar-refractivity contribution >= 4 is 28.5 Å². The Balaban J connectivity index is 0.00000110. The zero-order valence-corrected chi connectivity index (χ0v) is 14.7. The van der Waals surface area contributed by atoms with Gasteiger partial charge in [-0.2, -0.15) is 17.4 Å². The molecular formula is C13H9O3S2Y-. The number of carbonyl (C=O) groups is 1. The fourth-order valence-corrected chi connectivity index (χ4v) is 4.54. The van der Waals surface area contributed by atoms with E-state index in [0.29, 0.717) is 13.2 Å². The number of thiophene rings is 2. The maximum Gasteiger partial charge on any atom is 0.213 e. The Hall–Kier alpha value is 0.0939. The fourth-order valence-electron chi connectivity index (χ4n) is 2.53. The molecule has 95 valence electrons. The summed E-state index contributed by atoms with van der Waals surface area (Å²) < 4.78 is 11.3. The van der Waals surface area contributed by atoms with Crippen LogP contribution in [0.3, 0.4) is 0 Å². The number of fused-ring (bicyclic) bond motifs is 4. The summed E-state index contributed by atoms with van der Waals surface area (Å²) in [4.78, 5) is 15.9. The van der Waals surface area contributed by atoms with Crippen molar-refractivity contribution in [3.8, 4) is 9.75 Å². The molecule has 0 bridgehead atoms. The summed E-state index contributed by atoms with van der Waals surface area (Å²) in [5, 5.41) is 3.10. The molecule has 2 aliphatic rings. The third-order valence-electron chi connectivity index (χ3n) is 3.26. The molecule has 6 heteroatoms. The molecule has 0 amide bonds. The maximum atomic E-state index is 12.7. The number of hydrogen-bond donors (Lipinski definition) is 0. The molecule has 0 saturated carbocycles. The zero-order chi connectivity index (χ0) is 12.3. The fraction of sp³-hybridized carbons (Fsp3) is 0.308. The maximum absolute atomic E-state index is 12.7. The van der Waals surface area contributed by atoms with Gasteiger partial charge >= 0.3 is 0 Å². The molecular weight excluding hydrogens is 357 g/mol. The van der Waals surface area contributed by atoms with Gasteiger partial charge in [-0.1, -0.05) is 4.88 Å². The van der Waals surface area contributed by atoms with E-state index in [4.69, 9.17) is 9.47 Å². The minimum absolute atomic E-state index is 0. The normalized spacial score (nSPS) is 19.1. The third-order valence-corrected chi connectivity index (χ3v) is 5.32. The van der Waals surface area contributed by atoms with Crippen LogP contribution in [0.4, 0.5) is 0 Å². The molecule has 1 aliphatic carbocycles. The van der Waals surface area contributed by atoms with Gasteiger partial charge in [-0.15, -0.1) is 10.9 Å². The first-order valence-electron chi connectivity index (χ1n) is 5.66. The number of rotatable bonds is 0. The largest absolute Gasteiger partial charge is 0.347 e. The Labute approximate surface area is 143 Å². The zero-order valence-electron chi connectivity index (χ0n) is 10.2. The van der Waals surface area contributed by atoms with Crippen LogP contribution in [0.5, 0.6) is 0 Å². The summed E-state index contributed by atoms with van der Waals surface area (Å²) >= 11 is 3.16. The van der Waals surface area contributed by atoms with Gasteiger partial charge in [-0.3, -0.25) is 16.1 Å².